The quantitative estimate of drug-likeness (QED) is 0.895. The van der Waals surface area contributed by atoms with E-state index in [9.17, 15) is 8.78 Å². The molecule has 2 aliphatic rings. The number of nitrogens with two attached hydrogens (primary N) is 1. The van der Waals surface area contributed by atoms with E-state index in [0.29, 0.717) is 18.2 Å². The summed E-state index contributed by atoms with van der Waals surface area (Å²) in [5.41, 5.74) is 6.41. The highest BCUT2D eigenvalue weighted by Gasteiger charge is 2.42. The first kappa shape index (κ1) is 12.1. The molecule has 1 aliphatic heterocycles. The lowest BCUT2D eigenvalue weighted by atomic mass is 9.93. The van der Waals surface area contributed by atoms with E-state index >= 15 is 0 Å². The Labute approximate surface area is 106 Å². The van der Waals surface area contributed by atoms with Gasteiger partial charge in [0.1, 0.15) is 11.6 Å². The zero-order chi connectivity index (χ0) is 12.7. The zero-order valence-corrected chi connectivity index (χ0v) is 10.3. The van der Waals surface area contributed by atoms with Crippen molar-refractivity contribution >= 4 is 0 Å². The number of likely N-dealkylation sites (tertiary alicyclic amines) is 1. The molecule has 1 saturated carbocycles. The molecule has 2 atom stereocenters. The van der Waals surface area contributed by atoms with Crippen molar-refractivity contribution in [1.82, 2.24) is 4.90 Å². The fourth-order valence-corrected chi connectivity index (χ4v) is 3.12. The Morgan fingerprint density at radius 2 is 2.00 bits per heavy atom. The van der Waals surface area contributed by atoms with Crippen LogP contribution in [0.3, 0.4) is 0 Å². The summed E-state index contributed by atoms with van der Waals surface area (Å²) in [6.45, 7) is 1.54. The Bertz CT molecular complexity index is 445. The van der Waals surface area contributed by atoms with Crippen LogP contribution in [-0.4, -0.2) is 24.0 Å². The first-order chi connectivity index (χ1) is 8.70. The summed E-state index contributed by atoms with van der Waals surface area (Å²) in [5, 5.41) is 0. The highest BCUT2D eigenvalue weighted by Crippen LogP contribution is 2.44. The van der Waals surface area contributed by atoms with E-state index in [1.165, 1.54) is 18.9 Å². The van der Waals surface area contributed by atoms with Crippen LogP contribution in [0, 0.1) is 17.6 Å². The summed E-state index contributed by atoms with van der Waals surface area (Å²) in [7, 11) is 0. The maximum atomic E-state index is 14.0. The van der Waals surface area contributed by atoms with Crippen LogP contribution in [0.25, 0.3) is 0 Å². The standard InChI is InChI=1S/C14H18F2N2/c15-10-1-4-12(13(16)7-10)14-9(8-17)5-6-18(14)11-2-3-11/h1,4,7,9,11,14H,2-3,5-6,8,17H2. The molecule has 1 saturated heterocycles. The summed E-state index contributed by atoms with van der Waals surface area (Å²) in [6.07, 6.45) is 3.39. The zero-order valence-electron chi connectivity index (χ0n) is 10.3. The van der Waals surface area contributed by atoms with Gasteiger partial charge in [0, 0.05) is 23.7 Å². The van der Waals surface area contributed by atoms with Crippen molar-refractivity contribution in [2.45, 2.75) is 31.3 Å². The van der Waals surface area contributed by atoms with Crippen molar-refractivity contribution in [2.75, 3.05) is 13.1 Å². The highest BCUT2D eigenvalue weighted by atomic mass is 19.1. The third kappa shape index (κ3) is 2.04. The Morgan fingerprint density at radius 3 is 2.61 bits per heavy atom. The van der Waals surface area contributed by atoms with Crippen LogP contribution in [-0.2, 0) is 0 Å². The van der Waals surface area contributed by atoms with Crippen LogP contribution >= 0.6 is 0 Å². The molecule has 2 fully saturated rings. The normalized spacial score (nSPS) is 28.8. The number of nitrogens with zero attached hydrogens (tertiary/aromatic N) is 1. The molecule has 2 nitrogen and oxygen atoms in total. The molecule has 98 valence electrons. The number of rotatable bonds is 3. The van der Waals surface area contributed by atoms with Crippen molar-refractivity contribution in [3.63, 3.8) is 0 Å². The van der Waals surface area contributed by atoms with Crippen LogP contribution in [0.1, 0.15) is 30.9 Å². The minimum atomic E-state index is -0.517. The highest BCUT2D eigenvalue weighted by molar-refractivity contribution is 5.25. The smallest absolute Gasteiger partial charge is 0.130 e. The third-order valence-corrected chi connectivity index (χ3v) is 4.16. The molecule has 1 aliphatic carbocycles. The lowest BCUT2D eigenvalue weighted by molar-refractivity contribution is 0.215. The minimum absolute atomic E-state index is 0.0306. The molecule has 1 aromatic rings. The molecular formula is C14H18F2N2. The summed E-state index contributed by atoms with van der Waals surface area (Å²) in [6, 6.07) is 4.51. The molecule has 2 N–H and O–H groups in total. The van der Waals surface area contributed by atoms with Gasteiger partial charge in [0.2, 0.25) is 0 Å². The van der Waals surface area contributed by atoms with E-state index in [-0.39, 0.29) is 12.0 Å². The van der Waals surface area contributed by atoms with Gasteiger partial charge < -0.3 is 5.73 Å². The van der Waals surface area contributed by atoms with Crippen LogP contribution in [0.15, 0.2) is 18.2 Å². The fourth-order valence-electron chi connectivity index (χ4n) is 3.12. The van der Waals surface area contributed by atoms with Crippen LogP contribution in [0.5, 0.6) is 0 Å². The Kier molecular flexibility index (Phi) is 3.08. The summed E-state index contributed by atoms with van der Waals surface area (Å²) in [4.78, 5) is 2.36. The topological polar surface area (TPSA) is 29.3 Å². The summed E-state index contributed by atoms with van der Waals surface area (Å²) < 4.78 is 27.0. The van der Waals surface area contributed by atoms with Gasteiger partial charge in [-0.3, -0.25) is 4.90 Å². The van der Waals surface area contributed by atoms with Gasteiger partial charge in [0.25, 0.3) is 0 Å². The van der Waals surface area contributed by atoms with Crippen LogP contribution in [0.2, 0.25) is 0 Å². The number of hydrogen-bond acceptors (Lipinski definition) is 2. The Hall–Kier alpha value is -1.00. The first-order valence-corrected chi connectivity index (χ1v) is 6.61. The average molecular weight is 252 g/mol. The van der Waals surface area contributed by atoms with Gasteiger partial charge in [0.15, 0.2) is 0 Å². The summed E-state index contributed by atoms with van der Waals surface area (Å²) in [5.74, 6) is -0.673. The molecule has 0 bridgehead atoms. The molecule has 1 heterocycles. The molecule has 2 unspecified atom stereocenters. The predicted molar refractivity (Wildman–Crippen MR) is 66.0 cm³/mol. The van der Waals surface area contributed by atoms with Gasteiger partial charge in [-0.25, -0.2) is 8.78 Å². The maximum absolute atomic E-state index is 14.0. The molecule has 18 heavy (non-hydrogen) atoms. The second kappa shape index (κ2) is 4.59. The first-order valence-electron chi connectivity index (χ1n) is 6.61. The van der Waals surface area contributed by atoms with Gasteiger partial charge in [-0.2, -0.15) is 0 Å². The van der Waals surface area contributed by atoms with E-state index in [2.05, 4.69) is 4.90 Å². The van der Waals surface area contributed by atoms with E-state index in [1.807, 2.05) is 0 Å². The van der Waals surface area contributed by atoms with Gasteiger partial charge in [-0.1, -0.05) is 6.07 Å². The van der Waals surface area contributed by atoms with E-state index in [4.69, 9.17) is 5.73 Å². The maximum Gasteiger partial charge on any atom is 0.130 e. The molecular weight excluding hydrogens is 234 g/mol. The van der Waals surface area contributed by atoms with Crippen molar-refractivity contribution in [3.05, 3.63) is 35.4 Å². The lowest BCUT2D eigenvalue weighted by Crippen LogP contribution is -2.30. The predicted octanol–water partition coefficient (Wildman–Crippen LogP) is 2.45. The molecule has 0 spiro atoms. The molecule has 0 aromatic heterocycles. The monoisotopic (exact) mass is 252 g/mol. The average Bonchev–Trinajstić information content (AvgIpc) is 3.10. The third-order valence-electron chi connectivity index (χ3n) is 4.16. The van der Waals surface area contributed by atoms with Crippen molar-refractivity contribution in [1.29, 1.82) is 0 Å². The van der Waals surface area contributed by atoms with Crippen molar-refractivity contribution in [3.8, 4) is 0 Å². The van der Waals surface area contributed by atoms with Gasteiger partial charge in [0.05, 0.1) is 0 Å². The molecule has 1 aromatic carbocycles. The second-order valence-corrected chi connectivity index (χ2v) is 5.36. The Balaban J connectivity index is 1.94. The largest absolute Gasteiger partial charge is 0.330 e. The SMILES string of the molecule is NCC1CCN(C2CC2)C1c1ccc(F)cc1F. The molecule has 4 heteroatoms. The number of benzene rings is 1. The van der Waals surface area contributed by atoms with Gasteiger partial charge in [-0.05, 0) is 44.3 Å². The van der Waals surface area contributed by atoms with E-state index in [0.717, 1.165) is 19.0 Å². The van der Waals surface area contributed by atoms with Crippen LogP contribution < -0.4 is 5.73 Å². The van der Waals surface area contributed by atoms with Gasteiger partial charge in [-0.15, -0.1) is 0 Å². The molecule has 3 rings (SSSR count). The summed E-state index contributed by atoms with van der Waals surface area (Å²) >= 11 is 0. The number of hydrogen-bond donors (Lipinski definition) is 1. The molecule has 0 amide bonds. The van der Waals surface area contributed by atoms with Crippen molar-refractivity contribution < 1.29 is 8.78 Å². The van der Waals surface area contributed by atoms with E-state index < -0.39 is 11.6 Å². The lowest BCUT2D eigenvalue weighted by Gasteiger charge is -2.28. The minimum Gasteiger partial charge on any atom is -0.330 e. The second-order valence-electron chi connectivity index (χ2n) is 5.36. The van der Waals surface area contributed by atoms with E-state index in [1.54, 1.807) is 6.07 Å². The number of halogens is 2. The van der Waals surface area contributed by atoms with Gasteiger partial charge >= 0.3 is 0 Å². The fraction of sp³-hybridized carbons (Fsp3) is 0.571. The molecule has 0 radical (unpaired) electrons. The Morgan fingerprint density at radius 1 is 1.22 bits per heavy atom. The van der Waals surface area contributed by atoms with Crippen molar-refractivity contribution in [2.24, 2.45) is 11.7 Å². The van der Waals surface area contributed by atoms with Crippen LogP contribution in [0.4, 0.5) is 8.78 Å².